The van der Waals surface area contributed by atoms with Gasteiger partial charge in [-0.25, -0.2) is 9.59 Å². The van der Waals surface area contributed by atoms with E-state index in [9.17, 15) is 9.59 Å². The minimum absolute atomic E-state index is 0.0688. The van der Waals surface area contributed by atoms with Gasteiger partial charge in [-0.05, 0) is 155 Å². The Bertz CT molecular complexity index is 2260. The number of anilines is 2. The quantitative estimate of drug-likeness (QED) is 0.120. The number of methoxy groups -OCH3 is 2. The molecule has 6 aliphatic rings. The third-order valence-electron chi connectivity index (χ3n) is 13.3. The molecule has 0 aromatic heterocycles. The summed E-state index contributed by atoms with van der Waals surface area (Å²) in [6.45, 7) is 10.4. The number of nitrogens with zero attached hydrogens (tertiary/aromatic N) is 4. The number of ether oxygens (including phenoxy) is 9. The molecule has 4 fully saturated rings. The van der Waals surface area contributed by atoms with Crippen LogP contribution in [0.15, 0.2) is 78.9 Å². The second-order valence-corrected chi connectivity index (χ2v) is 17.2. The first-order chi connectivity index (χ1) is 31.8. The van der Waals surface area contributed by atoms with Gasteiger partial charge in [-0.1, -0.05) is 12.1 Å². The Balaban J connectivity index is 0.000000164. The van der Waals surface area contributed by atoms with Crippen molar-refractivity contribution in [2.24, 2.45) is 0 Å². The maximum atomic E-state index is 12.5. The molecule has 15 nitrogen and oxygen atoms in total. The molecule has 6 aliphatic heterocycles. The van der Waals surface area contributed by atoms with E-state index in [4.69, 9.17) is 42.6 Å². The highest BCUT2D eigenvalue weighted by molar-refractivity contribution is 5.90. The van der Waals surface area contributed by atoms with E-state index in [-0.39, 0.29) is 24.4 Å². The molecular weight excluding hydrogens is 833 g/mol. The summed E-state index contributed by atoms with van der Waals surface area (Å²) in [7, 11) is 3.18. The van der Waals surface area contributed by atoms with E-state index in [1.54, 1.807) is 30.1 Å². The molecule has 6 heterocycles. The summed E-state index contributed by atoms with van der Waals surface area (Å²) in [5.74, 6) is 6.54. The number of carbonyl (C=O) groups excluding carboxylic acids is 2. The molecule has 0 bridgehead atoms. The van der Waals surface area contributed by atoms with Gasteiger partial charge in [-0.2, -0.15) is 0 Å². The van der Waals surface area contributed by atoms with Crippen LogP contribution in [0.3, 0.4) is 0 Å². The number of hydrogen-bond acceptors (Lipinski definition) is 13. The number of hydrogen-bond donors (Lipinski definition) is 0. The van der Waals surface area contributed by atoms with E-state index >= 15 is 0 Å². The number of rotatable bonds is 14. The molecule has 4 saturated heterocycles. The number of benzene rings is 4. The lowest BCUT2D eigenvalue weighted by Gasteiger charge is -2.32. The van der Waals surface area contributed by atoms with Crippen LogP contribution < -0.4 is 43.0 Å². The molecule has 10 rings (SSSR count). The maximum absolute atomic E-state index is 12.5. The van der Waals surface area contributed by atoms with Gasteiger partial charge in [0, 0.05) is 24.8 Å². The van der Waals surface area contributed by atoms with Crippen molar-refractivity contribution in [1.29, 1.82) is 0 Å². The third kappa shape index (κ3) is 10.4. The Hall–Kier alpha value is -6.06. The average molecular weight is 893 g/mol. The van der Waals surface area contributed by atoms with Crippen LogP contribution in [0.4, 0.5) is 21.0 Å². The average Bonchev–Trinajstić information content (AvgIpc) is 4.17. The lowest BCUT2D eigenvalue weighted by atomic mass is 9.89. The van der Waals surface area contributed by atoms with Crippen molar-refractivity contribution in [3.8, 4) is 40.2 Å². The summed E-state index contributed by atoms with van der Waals surface area (Å²) in [4.78, 5) is 33.2. The van der Waals surface area contributed by atoms with Crippen molar-refractivity contribution in [2.45, 2.75) is 69.5 Å². The summed E-state index contributed by atoms with van der Waals surface area (Å²) >= 11 is 0. The van der Waals surface area contributed by atoms with Gasteiger partial charge in [-0.3, -0.25) is 9.80 Å². The molecule has 0 saturated carbocycles. The van der Waals surface area contributed by atoms with Crippen molar-refractivity contribution in [3.63, 3.8) is 0 Å². The Morgan fingerprint density at radius 1 is 0.554 bits per heavy atom. The zero-order valence-corrected chi connectivity index (χ0v) is 37.6. The largest absolute Gasteiger partial charge is 0.494 e. The van der Waals surface area contributed by atoms with Crippen molar-refractivity contribution in [2.75, 3.05) is 96.6 Å². The number of likely N-dealkylation sites (tertiary alicyclic amines) is 2. The van der Waals surface area contributed by atoms with E-state index in [1.165, 1.54) is 11.1 Å². The summed E-state index contributed by atoms with van der Waals surface area (Å²) in [6, 6.07) is 25.7. The molecule has 4 aromatic carbocycles. The zero-order valence-electron chi connectivity index (χ0n) is 37.6. The number of amides is 2. The van der Waals surface area contributed by atoms with Crippen LogP contribution in [0, 0.1) is 0 Å². The number of cyclic esters (lactones) is 2. The van der Waals surface area contributed by atoms with Crippen LogP contribution in [-0.2, 0) is 9.47 Å². The van der Waals surface area contributed by atoms with Gasteiger partial charge in [-0.15, -0.1) is 0 Å². The van der Waals surface area contributed by atoms with Crippen LogP contribution in [0.5, 0.6) is 40.2 Å². The van der Waals surface area contributed by atoms with Crippen LogP contribution in [-0.4, -0.2) is 121 Å². The topological polar surface area (TPSA) is 130 Å². The Morgan fingerprint density at radius 2 is 1.03 bits per heavy atom. The molecule has 2 amide bonds. The molecule has 2 atom stereocenters. The van der Waals surface area contributed by atoms with Gasteiger partial charge in [0.15, 0.2) is 34.5 Å². The molecule has 2 unspecified atom stereocenters. The lowest BCUT2D eigenvalue weighted by molar-refractivity contribution is 0.119. The monoisotopic (exact) mass is 892 g/mol. The van der Waals surface area contributed by atoms with Crippen molar-refractivity contribution >= 4 is 23.6 Å². The van der Waals surface area contributed by atoms with E-state index in [0.29, 0.717) is 56.6 Å². The molecule has 0 spiro atoms. The van der Waals surface area contributed by atoms with Gasteiger partial charge in [0.05, 0.1) is 39.6 Å². The number of piperidine rings is 2. The second-order valence-electron chi connectivity index (χ2n) is 17.2. The van der Waals surface area contributed by atoms with Gasteiger partial charge in [0.2, 0.25) is 13.6 Å². The highest BCUT2D eigenvalue weighted by Gasteiger charge is 2.35. The Labute approximate surface area is 380 Å². The fourth-order valence-electron chi connectivity index (χ4n) is 9.61. The van der Waals surface area contributed by atoms with Crippen molar-refractivity contribution in [1.82, 2.24) is 9.80 Å². The van der Waals surface area contributed by atoms with Crippen LogP contribution in [0.25, 0.3) is 0 Å². The highest BCUT2D eigenvalue weighted by Crippen LogP contribution is 2.40. The second kappa shape index (κ2) is 20.4. The molecule has 0 N–H and O–H groups in total. The summed E-state index contributed by atoms with van der Waals surface area (Å²) < 4.78 is 49.3. The van der Waals surface area contributed by atoms with Crippen LogP contribution in [0.2, 0.25) is 0 Å². The molecule has 346 valence electrons. The third-order valence-corrected chi connectivity index (χ3v) is 13.3. The Kier molecular flexibility index (Phi) is 13.9. The maximum Gasteiger partial charge on any atom is 0.414 e. The van der Waals surface area contributed by atoms with Crippen molar-refractivity contribution < 1.29 is 52.2 Å². The lowest BCUT2D eigenvalue weighted by Crippen LogP contribution is -2.35. The summed E-state index contributed by atoms with van der Waals surface area (Å²) in [5.41, 5.74) is 4.27. The van der Waals surface area contributed by atoms with E-state index < -0.39 is 0 Å². The molecule has 65 heavy (non-hydrogen) atoms. The van der Waals surface area contributed by atoms with Gasteiger partial charge >= 0.3 is 12.2 Å². The van der Waals surface area contributed by atoms with E-state index in [0.717, 1.165) is 118 Å². The normalized spacial score (nSPS) is 20.9. The first-order valence-electron chi connectivity index (χ1n) is 23.0. The molecular formula is C50H60N4O11. The van der Waals surface area contributed by atoms with Gasteiger partial charge in [0.1, 0.15) is 18.0 Å². The van der Waals surface area contributed by atoms with E-state index in [2.05, 4.69) is 34.1 Å². The SMILES string of the molecule is CCOc1ccc(N2CC(CCN3CCC(c4ccc5c(c4)OCO5)CC3)OC2=O)cc1.COc1ccc(N2CC(CCN3CCC(c4ccc5c(c4)OCO5)CC3)OC2=O)cc1OC. The predicted molar refractivity (Wildman–Crippen MR) is 244 cm³/mol. The minimum Gasteiger partial charge on any atom is -0.494 e. The highest BCUT2D eigenvalue weighted by atomic mass is 16.7. The number of fused-ring (bicyclic) bond motifs is 2. The van der Waals surface area contributed by atoms with Gasteiger partial charge in [0.25, 0.3) is 0 Å². The fraction of sp³-hybridized carbons (Fsp3) is 0.480. The van der Waals surface area contributed by atoms with Gasteiger partial charge < -0.3 is 52.4 Å². The van der Waals surface area contributed by atoms with E-state index in [1.807, 2.05) is 55.5 Å². The molecule has 15 heteroatoms. The molecule has 4 aromatic rings. The summed E-state index contributed by atoms with van der Waals surface area (Å²) in [5, 5.41) is 0. The predicted octanol–water partition coefficient (Wildman–Crippen LogP) is 8.44. The molecule has 0 aliphatic carbocycles. The smallest absolute Gasteiger partial charge is 0.414 e. The first kappa shape index (κ1) is 44.2. The van der Waals surface area contributed by atoms with Crippen molar-refractivity contribution in [3.05, 3.63) is 90.0 Å². The van der Waals surface area contributed by atoms with Crippen LogP contribution in [0.1, 0.15) is 68.4 Å². The minimum atomic E-state index is -0.311. The fourth-order valence-corrected chi connectivity index (χ4v) is 9.61. The Morgan fingerprint density at radius 3 is 1.52 bits per heavy atom. The van der Waals surface area contributed by atoms with Crippen LogP contribution >= 0.6 is 0 Å². The number of carbonyl (C=O) groups is 2. The standard InChI is InChI=1S/C25H30N2O6.C25H30N2O5/c1-29-21-6-4-19(14-23(21)30-2)27-15-20(33-25(27)28)9-12-26-10-7-17(8-11-26)18-3-5-22-24(13-18)32-16-31-22;1-2-29-21-6-4-20(5-7-21)27-16-22(32-25(27)28)11-14-26-12-9-18(10-13-26)19-3-8-23-24(15-19)31-17-30-23/h3-6,13-14,17,20H,7-12,15-16H2,1-2H3;3-8,15,18,22H,2,9-14,16-17H2,1H3. The summed E-state index contributed by atoms with van der Waals surface area (Å²) in [6.07, 6.45) is 5.40. The molecule has 0 radical (unpaired) electrons. The first-order valence-corrected chi connectivity index (χ1v) is 23.0. The zero-order chi connectivity index (χ0) is 44.7.